The van der Waals surface area contributed by atoms with Gasteiger partial charge in [-0.25, -0.2) is 4.79 Å². The van der Waals surface area contributed by atoms with Gasteiger partial charge in [-0.1, -0.05) is 66.4 Å². The van der Waals surface area contributed by atoms with Gasteiger partial charge in [0.15, 0.2) is 0 Å². The number of benzene rings is 4. The maximum atomic E-state index is 13.7. The molecule has 0 aliphatic carbocycles. The van der Waals surface area contributed by atoms with E-state index < -0.39 is 17.4 Å². The number of fused-ring (bicyclic) bond motifs is 4. The first-order valence-electron chi connectivity index (χ1n) is 15.0. The molecule has 2 aliphatic heterocycles. The summed E-state index contributed by atoms with van der Waals surface area (Å²) < 4.78 is 17.1. The first-order valence-corrected chi connectivity index (χ1v) is 16.8. The average Bonchev–Trinajstić information content (AvgIpc) is 3.46. The SMILES string of the molecule is COc1ccc(COC(=O)C2=C(Sc3ccc4c(c3)oc3cc(CO)ccc34)CS[C@@H]3[C@H](NC(=O)Cc4ccccc4)C(=O)N23)cc1. The van der Waals surface area contributed by atoms with E-state index in [1.807, 2.05) is 78.9 Å². The van der Waals surface area contributed by atoms with Crippen molar-refractivity contribution in [3.63, 3.8) is 0 Å². The van der Waals surface area contributed by atoms with Crippen LogP contribution in [0.25, 0.3) is 21.9 Å². The molecule has 2 aliphatic rings. The molecule has 238 valence electrons. The predicted octanol–water partition coefficient (Wildman–Crippen LogP) is 5.78. The molecule has 1 fully saturated rings. The highest BCUT2D eigenvalue weighted by atomic mass is 32.2. The predicted molar refractivity (Wildman–Crippen MR) is 180 cm³/mol. The van der Waals surface area contributed by atoms with Crippen molar-refractivity contribution in [3.05, 3.63) is 118 Å². The lowest BCUT2D eigenvalue weighted by Crippen LogP contribution is -2.70. The van der Waals surface area contributed by atoms with Crippen molar-refractivity contribution in [1.82, 2.24) is 10.2 Å². The first-order chi connectivity index (χ1) is 22.9. The van der Waals surface area contributed by atoms with Gasteiger partial charge in [0.25, 0.3) is 5.91 Å². The number of esters is 1. The summed E-state index contributed by atoms with van der Waals surface area (Å²) in [6, 6.07) is 27.3. The van der Waals surface area contributed by atoms with E-state index in [0.29, 0.717) is 27.6 Å². The quantitative estimate of drug-likeness (QED) is 0.141. The van der Waals surface area contributed by atoms with Crippen LogP contribution >= 0.6 is 23.5 Å². The van der Waals surface area contributed by atoms with Crippen LogP contribution in [0.2, 0.25) is 0 Å². The third-order valence-corrected chi connectivity index (χ3v) is 10.6. The van der Waals surface area contributed by atoms with E-state index >= 15 is 0 Å². The van der Waals surface area contributed by atoms with Gasteiger partial charge in [-0.05, 0) is 53.1 Å². The Hall–Kier alpha value is -4.71. The van der Waals surface area contributed by atoms with Crippen LogP contribution in [-0.2, 0) is 38.8 Å². The van der Waals surface area contributed by atoms with Crippen molar-refractivity contribution >= 4 is 63.2 Å². The van der Waals surface area contributed by atoms with E-state index in [1.54, 1.807) is 19.2 Å². The lowest BCUT2D eigenvalue weighted by atomic mass is 10.0. The zero-order valence-corrected chi connectivity index (χ0v) is 26.9. The number of nitrogens with zero attached hydrogens (tertiary/aromatic N) is 1. The van der Waals surface area contributed by atoms with E-state index in [2.05, 4.69) is 5.32 Å². The molecular formula is C36H30N2O7S2. The number of carbonyl (C=O) groups is 3. The highest BCUT2D eigenvalue weighted by Crippen LogP contribution is 2.46. The number of aliphatic hydroxyl groups excluding tert-OH is 1. The molecule has 9 nitrogen and oxygen atoms in total. The van der Waals surface area contributed by atoms with Gasteiger partial charge < -0.3 is 24.3 Å². The van der Waals surface area contributed by atoms with Crippen LogP contribution in [0.1, 0.15) is 16.7 Å². The molecule has 0 spiro atoms. The van der Waals surface area contributed by atoms with Crippen molar-refractivity contribution in [2.45, 2.75) is 35.9 Å². The number of carbonyl (C=O) groups excluding carboxylic acids is 3. The molecular weight excluding hydrogens is 637 g/mol. The summed E-state index contributed by atoms with van der Waals surface area (Å²) in [5, 5.41) is 13.9. The van der Waals surface area contributed by atoms with Gasteiger partial charge in [0.05, 0.1) is 20.1 Å². The molecule has 0 bridgehead atoms. The maximum Gasteiger partial charge on any atom is 0.356 e. The molecule has 1 saturated heterocycles. The lowest BCUT2D eigenvalue weighted by molar-refractivity contribution is -0.153. The molecule has 0 saturated carbocycles. The smallest absolute Gasteiger partial charge is 0.356 e. The zero-order valence-electron chi connectivity index (χ0n) is 25.3. The van der Waals surface area contributed by atoms with Crippen LogP contribution in [-0.4, -0.2) is 52.1 Å². The van der Waals surface area contributed by atoms with Crippen LogP contribution in [0.3, 0.4) is 0 Å². The van der Waals surface area contributed by atoms with Gasteiger partial charge in [-0.3, -0.25) is 14.5 Å². The molecule has 0 unspecified atom stereocenters. The van der Waals surface area contributed by atoms with Crippen molar-refractivity contribution in [3.8, 4) is 5.75 Å². The molecule has 11 heteroatoms. The summed E-state index contributed by atoms with van der Waals surface area (Å²) >= 11 is 2.87. The summed E-state index contributed by atoms with van der Waals surface area (Å²) in [6.07, 6.45) is 0.154. The third kappa shape index (κ3) is 6.21. The average molecular weight is 667 g/mol. The number of nitrogens with one attached hydrogen (secondary N) is 1. The molecule has 2 atom stereocenters. The Kier molecular flexibility index (Phi) is 8.68. The molecule has 2 N–H and O–H groups in total. The summed E-state index contributed by atoms with van der Waals surface area (Å²) in [7, 11) is 1.58. The molecule has 1 aromatic heterocycles. The van der Waals surface area contributed by atoms with Crippen LogP contribution in [0.5, 0.6) is 5.75 Å². The number of aliphatic hydroxyl groups is 1. The largest absolute Gasteiger partial charge is 0.497 e. The Balaban J connectivity index is 1.15. The van der Waals surface area contributed by atoms with Gasteiger partial charge in [-0.2, -0.15) is 0 Å². The fourth-order valence-electron chi connectivity index (χ4n) is 5.71. The summed E-state index contributed by atoms with van der Waals surface area (Å²) in [5.74, 6) is -0.0963. The summed E-state index contributed by atoms with van der Waals surface area (Å²) in [4.78, 5) is 43.1. The monoisotopic (exact) mass is 666 g/mol. The second kappa shape index (κ2) is 13.2. The topological polar surface area (TPSA) is 118 Å². The van der Waals surface area contributed by atoms with Gasteiger partial charge in [0.1, 0.15) is 40.6 Å². The van der Waals surface area contributed by atoms with Gasteiger partial charge in [0.2, 0.25) is 5.91 Å². The van der Waals surface area contributed by atoms with E-state index in [9.17, 15) is 19.5 Å². The van der Waals surface area contributed by atoms with Crippen molar-refractivity contribution in [2.24, 2.45) is 0 Å². The van der Waals surface area contributed by atoms with E-state index in [4.69, 9.17) is 13.9 Å². The fraction of sp³-hybridized carbons (Fsp3) is 0.194. The van der Waals surface area contributed by atoms with Gasteiger partial charge >= 0.3 is 5.97 Å². The van der Waals surface area contributed by atoms with Crippen molar-refractivity contribution in [2.75, 3.05) is 12.9 Å². The summed E-state index contributed by atoms with van der Waals surface area (Å²) in [6.45, 7) is -0.0623. The second-order valence-corrected chi connectivity index (χ2v) is 13.4. The third-order valence-electron chi connectivity index (χ3n) is 8.11. The number of methoxy groups -OCH3 is 1. The number of thioether (sulfide) groups is 2. The Labute approximate surface area is 278 Å². The number of hydrogen-bond acceptors (Lipinski definition) is 9. The Bertz CT molecular complexity index is 2020. The minimum atomic E-state index is -0.747. The van der Waals surface area contributed by atoms with Gasteiger partial charge in [-0.15, -0.1) is 11.8 Å². The number of hydrogen-bond donors (Lipinski definition) is 2. The number of β-lactam (4-membered cyclic amide) rings is 1. The minimum absolute atomic E-state index is 0.0160. The van der Waals surface area contributed by atoms with Crippen molar-refractivity contribution < 1.29 is 33.4 Å². The highest BCUT2D eigenvalue weighted by molar-refractivity contribution is 8.06. The fourth-order valence-corrected chi connectivity index (χ4v) is 8.21. The maximum absolute atomic E-state index is 13.7. The van der Waals surface area contributed by atoms with E-state index in [-0.39, 0.29) is 37.1 Å². The van der Waals surface area contributed by atoms with E-state index in [0.717, 1.165) is 32.4 Å². The van der Waals surface area contributed by atoms with Crippen LogP contribution in [0.4, 0.5) is 0 Å². The van der Waals surface area contributed by atoms with Crippen LogP contribution < -0.4 is 10.1 Å². The summed E-state index contributed by atoms with van der Waals surface area (Å²) in [5.41, 5.74) is 3.92. The molecule has 4 aromatic carbocycles. The number of furan rings is 1. The van der Waals surface area contributed by atoms with Gasteiger partial charge in [0, 0.05) is 26.3 Å². The number of rotatable bonds is 10. The zero-order chi connectivity index (χ0) is 32.5. The Morgan fingerprint density at radius 1 is 0.957 bits per heavy atom. The lowest BCUT2D eigenvalue weighted by Gasteiger charge is -2.49. The molecule has 7 rings (SSSR count). The molecule has 2 amide bonds. The normalized spacial score (nSPS) is 17.4. The van der Waals surface area contributed by atoms with E-state index in [1.165, 1.54) is 28.4 Å². The molecule has 47 heavy (non-hydrogen) atoms. The highest BCUT2D eigenvalue weighted by Gasteiger charge is 2.54. The molecule has 0 radical (unpaired) electrons. The Morgan fingerprint density at radius 3 is 2.43 bits per heavy atom. The van der Waals surface area contributed by atoms with Crippen LogP contribution in [0, 0.1) is 0 Å². The van der Waals surface area contributed by atoms with Crippen LogP contribution in [0.15, 0.2) is 111 Å². The number of amides is 2. The molecule has 3 heterocycles. The standard InChI is InChI=1S/C36H30N2O7S2/c1-43-24-10-7-22(8-11-24)19-44-36(42)33-30(47-25-12-14-27-26-13-9-23(18-39)15-28(26)45-29(27)17-25)20-46-35-32(34(41)38(33)35)37-31(40)16-21-5-3-2-4-6-21/h2-15,17,32,35,39H,16,18-20H2,1H3,(H,37,40)/t32-,35-/m1/s1. The minimum Gasteiger partial charge on any atom is -0.497 e. The second-order valence-electron chi connectivity index (χ2n) is 11.2. The first kappa shape index (κ1) is 30.9. The molecule has 5 aromatic rings. The van der Waals surface area contributed by atoms with Crippen molar-refractivity contribution in [1.29, 1.82) is 0 Å². The Morgan fingerprint density at radius 2 is 1.68 bits per heavy atom. The number of ether oxygens (including phenoxy) is 2.